The first-order valence-corrected chi connectivity index (χ1v) is 6.38. The van der Waals surface area contributed by atoms with Crippen molar-refractivity contribution in [1.82, 2.24) is 4.90 Å². The first-order valence-electron chi connectivity index (χ1n) is 3.27. The number of nitrogens with zero attached hydrogens (tertiary/aromatic N) is 1. The van der Waals surface area contributed by atoms with Crippen LogP contribution < -0.4 is 4.80 Å². The van der Waals surface area contributed by atoms with Gasteiger partial charge in [-0.25, -0.2) is 0 Å². The second-order valence-electron chi connectivity index (χ2n) is 3.31. The van der Waals surface area contributed by atoms with Crippen LogP contribution in [0.25, 0.3) is 0 Å². The van der Waals surface area contributed by atoms with Crippen molar-refractivity contribution >= 4 is 8.32 Å². The van der Waals surface area contributed by atoms with Gasteiger partial charge in [0.25, 0.3) is 0 Å². The van der Waals surface area contributed by atoms with Crippen LogP contribution in [0.3, 0.4) is 0 Å². The monoisotopic (exact) mass is 146 g/mol. The molecule has 0 aliphatic heterocycles. The largest absolute Gasteiger partial charge is 0.859 e. The Morgan fingerprint density at radius 1 is 1.33 bits per heavy atom. The van der Waals surface area contributed by atoms with Gasteiger partial charge in [-0.1, -0.05) is 27.5 Å². The summed E-state index contributed by atoms with van der Waals surface area (Å²) in [7, 11) is 1.99. The van der Waals surface area contributed by atoms with Gasteiger partial charge in [-0.05, 0) is 20.6 Å². The number of hydrogen-bond donors (Lipinski definition) is 0. The van der Waals surface area contributed by atoms with E-state index in [1.54, 1.807) is 0 Å². The highest BCUT2D eigenvalue weighted by Gasteiger charge is 2.02. The molecule has 3 heteroatoms. The number of hydrogen-bond acceptors (Lipinski definition) is 2. The van der Waals surface area contributed by atoms with Gasteiger partial charge in [0.1, 0.15) is 0 Å². The molecule has 0 amide bonds. The minimum Gasteiger partial charge on any atom is -0.859 e. The van der Waals surface area contributed by atoms with Crippen molar-refractivity contribution in [3.8, 4) is 0 Å². The number of rotatable bonds is 3. The van der Waals surface area contributed by atoms with E-state index in [-0.39, 0.29) is 0 Å². The van der Waals surface area contributed by atoms with Gasteiger partial charge in [0.05, 0.1) is 0 Å². The molecule has 0 saturated carbocycles. The SMILES string of the molecule is CN(C)CC[Si](C)(C)[O-]. The Morgan fingerprint density at radius 2 is 1.78 bits per heavy atom. The summed E-state index contributed by atoms with van der Waals surface area (Å²) < 4.78 is 0. The van der Waals surface area contributed by atoms with E-state index in [4.69, 9.17) is 0 Å². The van der Waals surface area contributed by atoms with Gasteiger partial charge in [0.2, 0.25) is 0 Å². The van der Waals surface area contributed by atoms with Gasteiger partial charge < -0.3 is 9.70 Å². The summed E-state index contributed by atoms with van der Waals surface area (Å²) in [5.74, 6) is 0. The minimum absolute atomic E-state index is 0.861. The van der Waals surface area contributed by atoms with Gasteiger partial charge in [-0.15, -0.1) is 0 Å². The molecule has 0 atom stereocenters. The summed E-state index contributed by atoms with van der Waals surface area (Å²) in [5.41, 5.74) is 0. The third-order valence-corrected chi connectivity index (χ3v) is 2.59. The summed E-state index contributed by atoms with van der Waals surface area (Å²) in [5, 5.41) is 0. The maximum atomic E-state index is 11.1. The van der Waals surface area contributed by atoms with E-state index in [1.165, 1.54) is 0 Å². The predicted molar refractivity (Wildman–Crippen MR) is 40.8 cm³/mol. The first-order chi connectivity index (χ1) is 3.92. The van der Waals surface area contributed by atoms with E-state index in [0.717, 1.165) is 12.6 Å². The van der Waals surface area contributed by atoms with Crippen molar-refractivity contribution < 1.29 is 4.80 Å². The quantitative estimate of drug-likeness (QED) is 0.528. The lowest BCUT2D eigenvalue weighted by molar-refractivity contribution is -0.205. The van der Waals surface area contributed by atoms with Crippen molar-refractivity contribution in [2.75, 3.05) is 20.6 Å². The molecular weight excluding hydrogens is 130 g/mol. The van der Waals surface area contributed by atoms with E-state index < -0.39 is 8.32 Å². The second kappa shape index (κ2) is 3.34. The molecule has 0 aromatic carbocycles. The lowest BCUT2D eigenvalue weighted by Gasteiger charge is -2.30. The van der Waals surface area contributed by atoms with Crippen LogP contribution in [0.5, 0.6) is 0 Å². The molecule has 0 fully saturated rings. The van der Waals surface area contributed by atoms with Crippen LogP contribution in [-0.2, 0) is 0 Å². The van der Waals surface area contributed by atoms with Crippen LogP contribution in [0.4, 0.5) is 0 Å². The Hall–Kier alpha value is 0.137. The average molecular weight is 146 g/mol. The van der Waals surface area contributed by atoms with Gasteiger partial charge in [-0.3, -0.25) is 0 Å². The summed E-state index contributed by atoms with van der Waals surface area (Å²) in [6, 6.07) is 0.861. The van der Waals surface area contributed by atoms with Crippen molar-refractivity contribution in [3.05, 3.63) is 0 Å². The zero-order valence-electron chi connectivity index (χ0n) is 6.77. The molecule has 0 rings (SSSR count). The molecular formula is C6H16NOSi-. The van der Waals surface area contributed by atoms with Crippen LogP contribution in [0.1, 0.15) is 0 Å². The van der Waals surface area contributed by atoms with Crippen LogP contribution in [0.15, 0.2) is 0 Å². The molecule has 2 nitrogen and oxygen atoms in total. The summed E-state index contributed by atoms with van der Waals surface area (Å²) in [6.45, 7) is 4.66. The zero-order chi connectivity index (χ0) is 7.49. The van der Waals surface area contributed by atoms with E-state index >= 15 is 0 Å². The second-order valence-corrected chi connectivity index (χ2v) is 7.33. The molecule has 0 radical (unpaired) electrons. The zero-order valence-corrected chi connectivity index (χ0v) is 7.77. The predicted octanol–water partition coefficient (Wildman–Crippen LogP) is 0.113. The van der Waals surface area contributed by atoms with Crippen molar-refractivity contribution in [2.24, 2.45) is 0 Å². The van der Waals surface area contributed by atoms with E-state index in [0.29, 0.717) is 0 Å². The van der Waals surface area contributed by atoms with Gasteiger partial charge in [0.15, 0.2) is 0 Å². The average Bonchev–Trinajstić information content (AvgIpc) is 1.59. The molecule has 0 N–H and O–H groups in total. The molecule has 0 saturated heterocycles. The minimum atomic E-state index is -2.01. The van der Waals surface area contributed by atoms with E-state index in [1.807, 2.05) is 27.2 Å². The van der Waals surface area contributed by atoms with Gasteiger partial charge in [0, 0.05) is 0 Å². The van der Waals surface area contributed by atoms with Crippen molar-refractivity contribution in [1.29, 1.82) is 0 Å². The highest BCUT2D eigenvalue weighted by Crippen LogP contribution is 1.99. The summed E-state index contributed by atoms with van der Waals surface area (Å²) in [6.07, 6.45) is 0. The highest BCUT2D eigenvalue weighted by molar-refractivity contribution is 6.68. The van der Waals surface area contributed by atoms with Crippen molar-refractivity contribution in [2.45, 2.75) is 19.1 Å². The van der Waals surface area contributed by atoms with E-state index in [9.17, 15) is 4.80 Å². The van der Waals surface area contributed by atoms with Gasteiger partial charge >= 0.3 is 0 Å². The smallest absolute Gasteiger partial charge is 0.00605 e. The van der Waals surface area contributed by atoms with Crippen molar-refractivity contribution in [3.63, 3.8) is 0 Å². The lowest BCUT2D eigenvalue weighted by Crippen LogP contribution is -2.44. The Kier molecular flexibility index (Phi) is 3.39. The molecule has 0 aliphatic rings. The Balaban J connectivity index is 3.28. The van der Waals surface area contributed by atoms with Gasteiger partial charge in [-0.2, -0.15) is 0 Å². The normalized spacial score (nSPS) is 12.7. The fraction of sp³-hybridized carbons (Fsp3) is 1.00. The summed E-state index contributed by atoms with van der Waals surface area (Å²) in [4.78, 5) is 13.2. The Morgan fingerprint density at radius 3 is 1.89 bits per heavy atom. The van der Waals surface area contributed by atoms with Crippen LogP contribution >= 0.6 is 0 Å². The Labute approximate surface area is 58.6 Å². The van der Waals surface area contributed by atoms with E-state index in [2.05, 4.69) is 4.90 Å². The molecule has 56 valence electrons. The molecule has 0 aromatic rings. The third-order valence-electron chi connectivity index (χ3n) is 1.16. The Bertz CT molecular complexity index is 77.6. The molecule has 0 heterocycles. The molecule has 0 bridgehead atoms. The highest BCUT2D eigenvalue weighted by atomic mass is 28.4. The fourth-order valence-corrected chi connectivity index (χ4v) is 1.48. The third kappa shape index (κ3) is 8.14. The van der Waals surface area contributed by atoms with Crippen LogP contribution in [-0.4, -0.2) is 33.9 Å². The molecule has 0 aromatic heterocycles. The maximum absolute atomic E-state index is 11.1. The molecule has 9 heavy (non-hydrogen) atoms. The molecule has 0 spiro atoms. The van der Waals surface area contributed by atoms with Crippen LogP contribution in [0, 0.1) is 0 Å². The first kappa shape index (κ1) is 9.14. The topological polar surface area (TPSA) is 26.3 Å². The fourth-order valence-electron chi connectivity index (χ4n) is 0.493. The molecule has 0 unspecified atom stereocenters. The van der Waals surface area contributed by atoms with Crippen LogP contribution in [0.2, 0.25) is 19.1 Å². The maximum Gasteiger partial charge on any atom is -0.00605 e. The summed E-state index contributed by atoms with van der Waals surface area (Å²) >= 11 is 0. The standard InChI is InChI=1S/C6H16NOSi/c1-7(2)5-6-9(3,4)8/h5-6H2,1-4H3/q-1. The lowest BCUT2D eigenvalue weighted by atomic mass is 10.7. The molecule has 0 aliphatic carbocycles.